The third-order valence-corrected chi connectivity index (χ3v) is 2.03. The predicted octanol–water partition coefficient (Wildman–Crippen LogP) is 2.46. The summed E-state index contributed by atoms with van der Waals surface area (Å²) in [4.78, 5) is 4.12. The van der Waals surface area contributed by atoms with Crippen LogP contribution in [0.2, 0.25) is 0 Å². The minimum Gasteiger partial charge on any atom is -0.481 e. The number of hydrogen-bond acceptors (Lipinski definition) is 4. The van der Waals surface area contributed by atoms with Crippen molar-refractivity contribution in [2.75, 3.05) is 12.8 Å². The average Bonchev–Trinajstić information content (AvgIpc) is 2.33. The third kappa shape index (κ3) is 2.23. The lowest BCUT2D eigenvalue weighted by atomic mass is 10.3. The van der Waals surface area contributed by atoms with Crippen molar-refractivity contribution in [2.24, 2.45) is 0 Å². The molecule has 1 aromatic carbocycles. The summed E-state index contributed by atoms with van der Waals surface area (Å²) in [5.41, 5.74) is 6.23. The Morgan fingerprint density at radius 1 is 1.06 bits per heavy atom. The average molecular weight is 216 g/mol. The molecular weight excluding hydrogens is 204 g/mol. The molecule has 0 unspecified atom stereocenters. The minimum absolute atomic E-state index is 0.352. The van der Waals surface area contributed by atoms with Gasteiger partial charge in [-0.25, -0.2) is 0 Å². The Morgan fingerprint density at radius 2 is 1.81 bits per heavy atom. The molecule has 0 amide bonds. The number of hydrogen-bond donors (Lipinski definition) is 1. The number of methoxy groups -OCH3 is 1. The van der Waals surface area contributed by atoms with Crippen LogP contribution in [0.1, 0.15) is 0 Å². The molecule has 0 bridgehead atoms. The van der Waals surface area contributed by atoms with Crippen LogP contribution in [0.25, 0.3) is 0 Å². The van der Waals surface area contributed by atoms with E-state index in [0.29, 0.717) is 23.2 Å². The topological polar surface area (TPSA) is 57.4 Å². The highest BCUT2D eigenvalue weighted by Gasteiger charge is 2.05. The van der Waals surface area contributed by atoms with Gasteiger partial charge in [-0.2, -0.15) is 4.98 Å². The molecule has 0 fully saturated rings. The van der Waals surface area contributed by atoms with Gasteiger partial charge in [-0.3, -0.25) is 0 Å². The van der Waals surface area contributed by atoms with Crippen LogP contribution in [0, 0.1) is 0 Å². The Hall–Kier alpha value is -2.23. The molecule has 1 heterocycles. The van der Waals surface area contributed by atoms with Gasteiger partial charge in [0.15, 0.2) is 0 Å². The van der Waals surface area contributed by atoms with Crippen molar-refractivity contribution in [1.82, 2.24) is 4.98 Å². The van der Waals surface area contributed by atoms with E-state index >= 15 is 0 Å². The second-order valence-corrected chi connectivity index (χ2v) is 3.16. The summed E-state index contributed by atoms with van der Waals surface area (Å²) in [5, 5.41) is 0. The first-order valence-corrected chi connectivity index (χ1v) is 4.83. The van der Waals surface area contributed by atoms with Gasteiger partial charge in [0.05, 0.1) is 12.8 Å². The molecule has 4 heteroatoms. The number of benzene rings is 1. The maximum absolute atomic E-state index is 5.75. The van der Waals surface area contributed by atoms with Crippen molar-refractivity contribution >= 4 is 5.69 Å². The van der Waals surface area contributed by atoms with E-state index in [1.165, 1.54) is 0 Å². The summed E-state index contributed by atoms with van der Waals surface area (Å²) in [5.74, 6) is 1.51. The number of nitrogen functional groups attached to an aromatic ring is 1. The zero-order valence-corrected chi connectivity index (χ0v) is 8.88. The summed E-state index contributed by atoms with van der Waals surface area (Å²) < 4.78 is 10.5. The summed E-state index contributed by atoms with van der Waals surface area (Å²) in [6, 6.07) is 12.7. The van der Waals surface area contributed by atoms with Crippen LogP contribution < -0.4 is 15.2 Å². The van der Waals surface area contributed by atoms with Crippen LogP contribution in [-0.4, -0.2) is 12.1 Å². The van der Waals surface area contributed by atoms with Gasteiger partial charge in [0.1, 0.15) is 5.75 Å². The Morgan fingerprint density at radius 3 is 2.50 bits per heavy atom. The number of aromatic nitrogens is 1. The molecule has 0 saturated carbocycles. The lowest BCUT2D eigenvalue weighted by molar-refractivity contribution is 0.384. The van der Waals surface area contributed by atoms with Crippen molar-refractivity contribution in [3.63, 3.8) is 0 Å². The van der Waals surface area contributed by atoms with Crippen LogP contribution in [-0.2, 0) is 0 Å². The number of rotatable bonds is 3. The molecule has 4 nitrogen and oxygen atoms in total. The van der Waals surface area contributed by atoms with E-state index in [-0.39, 0.29) is 0 Å². The number of para-hydroxylation sites is 1. The van der Waals surface area contributed by atoms with E-state index < -0.39 is 0 Å². The van der Waals surface area contributed by atoms with E-state index in [0.717, 1.165) is 0 Å². The maximum atomic E-state index is 5.75. The second kappa shape index (κ2) is 4.53. The summed E-state index contributed by atoms with van der Waals surface area (Å²) in [7, 11) is 1.55. The van der Waals surface area contributed by atoms with Gasteiger partial charge in [0, 0.05) is 6.07 Å². The quantitative estimate of drug-likeness (QED) is 0.856. The lowest BCUT2D eigenvalue weighted by Gasteiger charge is -2.08. The van der Waals surface area contributed by atoms with E-state index in [2.05, 4.69) is 4.98 Å². The van der Waals surface area contributed by atoms with Gasteiger partial charge in [0.2, 0.25) is 11.8 Å². The zero-order chi connectivity index (χ0) is 11.4. The zero-order valence-electron chi connectivity index (χ0n) is 8.88. The predicted molar refractivity (Wildman–Crippen MR) is 61.7 cm³/mol. The van der Waals surface area contributed by atoms with Gasteiger partial charge in [0.25, 0.3) is 0 Å². The van der Waals surface area contributed by atoms with Crippen LogP contribution in [0.3, 0.4) is 0 Å². The van der Waals surface area contributed by atoms with Crippen molar-refractivity contribution in [3.05, 3.63) is 42.5 Å². The Balaban J connectivity index is 2.27. The standard InChI is InChI=1S/C12H12N2O2/c1-15-11-8-7-10(13)12(14-11)16-9-5-3-2-4-6-9/h2-8H,13H2,1H3. The molecule has 82 valence electrons. The number of ether oxygens (including phenoxy) is 2. The highest BCUT2D eigenvalue weighted by atomic mass is 16.5. The van der Waals surface area contributed by atoms with E-state index in [9.17, 15) is 0 Å². The molecule has 1 aromatic heterocycles. The van der Waals surface area contributed by atoms with Gasteiger partial charge >= 0.3 is 0 Å². The lowest BCUT2D eigenvalue weighted by Crippen LogP contribution is -1.96. The molecule has 2 rings (SSSR count). The fraction of sp³-hybridized carbons (Fsp3) is 0.0833. The Bertz CT molecular complexity index is 472. The van der Waals surface area contributed by atoms with E-state index in [1.807, 2.05) is 30.3 Å². The fourth-order valence-corrected chi connectivity index (χ4v) is 1.23. The highest BCUT2D eigenvalue weighted by Crippen LogP contribution is 2.26. The van der Waals surface area contributed by atoms with Crippen molar-refractivity contribution < 1.29 is 9.47 Å². The number of nitrogens with zero attached hydrogens (tertiary/aromatic N) is 1. The summed E-state index contributed by atoms with van der Waals surface area (Å²) in [6.45, 7) is 0. The summed E-state index contributed by atoms with van der Waals surface area (Å²) >= 11 is 0. The fourth-order valence-electron chi connectivity index (χ4n) is 1.23. The first-order chi connectivity index (χ1) is 7.79. The second-order valence-electron chi connectivity index (χ2n) is 3.16. The molecule has 0 spiro atoms. The molecule has 2 aromatic rings. The summed E-state index contributed by atoms with van der Waals surface area (Å²) in [6.07, 6.45) is 0. The van der Waals surface area contributed by atoms with Gasteiger partial charge in [-0.05, 0) is 18.2 Å². The molecule has 0 aliphatic rings. The Kier molecular flexibility index (Phi) is 2.91. The first-order valence-electron chi connectivity index (χ1n) is 4.83. The molecule has 0 radical (unpaired) electrons. The monoisotopic (exact) mass is 216 g/mol. The van der Waals surface area contributed by atoms with Crippen molar-refractivity contribution in [3.8, 4) is 17.5 Å². The highest BCUT2D eigenvalue weighted by molar-refractivity contribution is 5.50. The normalized spacial score (nSPS) is 9.81. The maximum Gasteiger partial charge on any atom is 0.246 e. The largest absolute Gasteiger partial charge is 0.481 e. The van der Waals surface area contributed by atoms with E-state index in [1.54, 1.807) is 19.2 Å². The molecule has 0 aliphatic heterocycles. The molecular formula is C12H12N2O2. The number of pyridine rings is 1. The van der Waals surface area contributed by atoms with Crippen molar-refractivity contribution in [1.29, 1.82) is 0 Å². The molecule has 0 atom stereocenters. The van der Waals surface area contributed by atoms with Gasteiger partial charge < -0.3 is 15.2 Å². The van der Waals surface area contributed by atoms with Gasteiger partial charge in [-0.1, -0.05) is 18.2 Å². The Labute approximate surface area is 93.6 Å². The van der Waals surface area contributed by atoms with Crippen LogP contribution in [0.15, 0.2) is 42.5 Å². The molecule has 0 saturated heterocycles. The van der Waals surface area contributed by atoms with Crippen LogP contribution in [0.4, 0.5) is 5.69 Å². The number of anilines is 1. The van der Waals surface area contributed by atoms with Crippen LogP contribution >= 0.6 is 0 Å². The minimum atomic E-state index is 0.352. The van der Waals surface area contributed by atoms with Crippen molar-refractivity contribution in [2.45, 2.75) is 0 Å². The third-order valence-electron chi connectivity index (χ3n) is 2.03. The van der Waals surface area contributed by atoms with Crippen LogP contribution in [0.5, 0.6) is 17.5 Å². The number of nitrogens with two attached hydrogens (primary N) is 1. The molecule has 2 N–H and O–H groups in total. The molecule has 16 heavy (non-hydrogen) atoms. The SMILES string of the molecule is COc1ccc(N)c(Oc2ccccc2)n1. The van der Waals surface area contributed by atoms with E-state index in [4.69, 9.17) is 15.2 Å². The molecule has 0 aliphatic carbocycles. The first kappa shape index (κ1) is 10.3. The smallest absolute Gasteiger partial charge is 0.246 e. The van der Waals surface area contributed by atoms with Gasteiger partial charge in [-0.15, -0.1) is 0 Å².